The van der Waals surface area contributed by atoms with E-state index in [1.807, 2.05) is 39.0 Å². The summed E-state index contributed by atoms with van der Waals surface area (Å²) in [6.07, 6.45) is 4.90. The lowest BCUT2D eigenvalue weighted by Crippen LogP contribution is -1.96. The summed E-state index contributed by atoms with van der Waals surface area (Å²) in [6.45, 7) is 6.73. The summed E-state index contributed by atoms with van der Waals surface area (Å²) in [4.78, 5) is 12.3. The zero-order chi connectivity index (χ0) is 19.4. The molecular formula is C21H21ClN2O3. The van der Waals surface area contributed by atoms with Crippen molar-refractivity contribution in [2.75, 3.05) is 0 Å². The minimum atomic E-state index is -0.104. The number of aryl methyl sites for hydroxylation is 3. The van der Waals surface area contributed by atoms with E-state index in [0.717, 1.165) is 17.8 Å². The average Bonchev–Trinajstić information content (AvgIpc) is 3.25. The third kappa shape index (κ3) is 4.49. The van der Waals surface area contributed by atoms with E-state index >= 15 is 0 Å². The molecule has 0 spiro atoms. The highest BCUT2D eigenvalue weighted by Gasteiger charge is 2.11. The Balaban J connectivity index is 1.64. The summed E-state index contributed by atoms with van der Waals surface area (Å²) in [7, 11) is 0. The normalized spacial score (nSPS) is 11.3. The van der Waals surface area contributed by atoms with Crippen LogP contribution in [0.4, 0.5) is 0 Å². The van der Waals surface area contributed by atoms with E-state index < -0.39 is 0 Å². The summed E-state index contributed by atoms with van der Waals surface area (Å²) in [6, 6.07) is 9.21. The summed E-state index contributed by atoms with van der Waals surface area (Å²) in [5.41, 5.74) is 2.27. The van der Waals surface area contributed by atoms with Crippen LogP contribution < -0.4 is 4.74 Å². The number of ketones is 1. The van der Waals surface area contributed by atoms with E-state index in [1.165, 1.54) is 6.08 Å². The lowest BCUT2D eigenvalue weighted by atomic mass is 10.1. The number of benzene rings is 1. The third-order valence-corrected chi connectivity index (χ3v) is 4.44. The summed E-state index contributed by atoms with van der Waals surface area (Å²) in [5, 5.41) is 4.85. The Morgan fingerprint density at radius 2 is 2.11 bits per heavy atom. The number of para-hydroxylation sites is 1. The molecule has 2 heterocycles. The Kier molecular flexibility index (Phi) is 5.81. The minimum Gasteiger partial charge on any atom is -0.484 e. The van der Waals surface area contributed by atoms with Crippen LogP contribution in [-0.4, -0.2) is 15.6 Å². The van der Waals surface area contributed by atoms with Crippen molar-refractivity contribution in [2.45, 2.75) is 33.9 Å². The Labute approximate surface area is 163 Å². The van der Waals surface area contributed by atoms with Crippen LogP contribution in [0.25, 0.3) is 6.08 Å². The number of carbonyl (C=O) groups is 1. The number of nitrogens with zero attached hydrogens (tertiary/aromatic N) is 2. The number of allylic oxidation sites excluding steroid dienone is 1. The third-order valence-electron chi connectivity index (χ3n) is 4.14. The largest absolute Gasteiger partial charge is 0.484 e. The molecule has 6 heteroatoms. The van der Waals surface area contributed by atoms with Gasteiger partial charge in [0.1, 0.15) is 23.9 Å². The van der Waals surface area contributed by atoms with Crippen molar-refractivity contribution in [1.29, 1.82) is 0 Å². The first-order valence-electron chi connectivity index (χ1n) is 8.71. The molecule has 0 saturated heterocycles. The summed E-state index contributed by atoms with van der Waals surface area (Å²) >= 11 is 6.16. The van der Waals surface area contributed by atoms with Crippen LogP contribution in [-0.2, 0) is 13.2 Å². The topological polar surface area (TPSA) is 57.3 Å². The minimum absolute atomic E-state index is 0.104. The number of carbonyl (C=O) groups excluding carboxylic acids is 1. The van der Waals surface area contributed by atoms with E-state index in [-0.39, 0.29) is 12.4 Å². The highest BCUT2D eigenvalue weighted by molar-refractivity contribution is 6.32. The van der Waals surface area contributed by atoms with E-state index in [0.29, 0.717) is 27.9 Å². The Hall–Kier alpha value is -2.79. The van der Waals surface area contributed by atoms with Crippen LogP contribution in [0.15, 0.2) is 47.0 Å². The molecule has 140 valence electrons. The van der Waals surface area contributed by atoms with Gasteiger partial charge in [-0.15, -0.1) is 0 Å². The number of rotatable bonds is 7. The molecule has 0 aliphatic rings. The van der Waals surface area contributed by atoms with Gasteiger partial charge in [-0.2, -0.15) is 5.10 Å². The van der Waals surface area contributed by atoms with Gasteiger partial charge in [0.25, 0.3) is 0 Å². The van der Waals surface area contributed by atoms with Crippen LogP contribution in [0.2, 0.25) is 5.02 Å². The number of hydrogen-bond acceptors (Lipinski definition) is 4. The van der Waals surface area contributed by atoms with Gasteiger partial charge in [0, 0.05) is 12.7 Å². The average molecular weight is 385 g/mol. The highest BCUT2D eigenvalue weighted by Crippen LogP contribution is 2.28. The number of hydrogen-bond donors (Lipinski definition) is 0. The first-order valence-corrected chi connectivity index (χ1v) is 9.08. The molecule has 0 unspecified atom stereocenters. The lowest BCUT2D eigenvalue weighted by molar-refractivity contribution is 0.104. The van der Waals surface area contributed by atoms with Gasteiger partial charge in [0.2, 0.25) is 0 Å². The van der Waals surface area contributed by atoms with Gasteiger partial charge in [0.15, 0.2) is 5.78 Å². The SMILES string of the molecule is CCn1cc(C(=O)/C=C/c2ccc(COc3c(C)cccc3Cl)o2)c(C)n1. The summed E-state index contributed by atoms with van der Waals surface area (Å²) in [5.74, 6) is 1.77. The second-order valence-corrected chi connectivity index (χ2v) is 6.57. The van der Waals surface area contributed by atoms with Gasteiger partial charge in [-0.1, -0.05) is 23.7 Å². The van der Waals surface area contributed by atoms with Crippen LogP contribution in [0.3, 0.4) is 0 Å². The van der Waals surface area contributed by atoms with Crippen molar-refractivity contribution in [3.05, 3.63) is 76.0 Å². The molecule has 0 aliphatic carbocycles. The monoisotopic (exact) mass is 384 g/mol. The molecule has 0 bridgehead atoms. The Morgan fingerprint density at radius 3 is 2.81 bits per heavy atom. The van der Waals surface area contributed by atoms with Gasteiger partial charge in [0.05, 0.1) is 16.3 Å². The van der Waals surface area contributed by atoms with E-state index in [9.17, 15) is 4.79 Å². The van der Waals surface area contributed by atoms with Gasteiger partial charge < -0.3 is 9.15 Å². The second kappa shape index (κ2) is 8.27. The molecule has 5 nitrogen and oxygen atoms in total. The molecule has 3 aromatic rings. The molecule has 0 amide bonds. The standard InChI is InChI=1S/C21H21ClN2O3/c1-4-24-12-18(15(3)23-24)20(25)11-10-16-8-9-17(27-16)13-26-21-14(2)6-5-7-19(21)22/h5-12H,4,13H2,1-3H3/b11-10+. The summed E-state index contributed by atoms with van der Waals surface area (Å²) < 4.78 is 13.2. The quantitative estimate of drug-likeness (QED) is 0.413. The molecule has 0 saturated carbocycles. The molecule has 0 radical (unpaired) electrons. The van der Waals surface area contributed by atoms with E-state index in [2.05, 4.69) is 5.10 Å². The second-order valence-electron chi connectivity index (χ2n) is 6.16. The van der Waals surface area contributed by atoms with Gasteiger partial charge >= 0.3 is 0 Å². The fraction of sp³-hybridized carbons (Fsp3) is 0.238. The fourth-order valence-corrected chi connectivity index (χ4v) is 2.95. The van der Waals surface area contributed by atoms with Gasteiger partial charge in [-0.25, -0.2) is 0 Å². The number of ether oxygens (including phenoxy) is 1. The number of halogens is 1. The van der Waals surface area contributed by atoms with Crippen LogP contribution in [0, 0.1) is 13.8 Å². The maximum absolute atomic E-state index is 12.3. The van der Waals surface area contributed by atoms with Crippen molar-refractivity contribution in [2.24, 2.45) is 0 Å². The van der Waals surface area contributed by atoms with Crippen molar-refractivity contribution >= 4 is 23.5 Å². The van der Waals surface area contributed by atoms with E-state index in [1.54, 1.807) is 29.1 Å². The molecule has 3 rings (SSSR count). The molecule has 2 aromatic heterocycles. The maximum atomic E-state index is 12.3. The van der Waals surface area contributed by atoms with Crippen molar-refractivity contribution < 1.29 is 13.9 Å². The molecular weight excluding hydrogens is 364 g/mol. The molecule has 0 aliphatic heterocycles. The first-order chi connectivity index (χ1) is 13.0. The van der Waals surface area contributed by atoms with Crippen LogP contribution >= 0.6 is 11.6 Å². The van der Waals surface area contributed by atoms with Gasteiger partial charge in [-0.3, -0.25) is 9.48 Å². The number of aromatic nitrogens is 2. The van der Waals surface area contributed by atoms with Gasteiger partial charge in [-0.05, 0) is 56.7 Å². The predicted octanol–water partition coefficient (Wildman–Crippen LogP) is 5.24. The lowest BCUT2D eigenvalue weighted by Gasteiger charge is -2.09. The molecule has 0 atom stereocenters. The zero-order valence-electron chi connectivity index (χ0n) is 15.5. The first kappa shape index (κ1) is 19.0. The van der Waals surface area contributed by atoms with E-state index in [4.69, 9.17) is 20.8 Å². The van der Waals surface area contributed by atoms with Crippen molar-refractivity contribution in [3.63, 3.8) is 0 Å². The predicted molar refractivity (Wildman–Crippen MR) is 105 cm³/mol. The molecule has 1 aromatic carbocycles. The Bertz CT molecular complexity index is 965. The van der Waals surface area contributed by atoms with Crippen LogP contribution in [0.5, 0.6) is 5.75 Å². The van der Waals surface area contributed by atoms with Crippen molar-refractivity contribution in [1.82, 2.24) is 9.78 Å². The zero-order valence-corrected chi connectivity index (χ0v) is 16.3. The number of furan rings is 1. The molecule has 0 fully saturated rings. The van der Waals surface area contributed by atoms with Crippen LogP contribution in [0.1, 0.15) is 40.1 Å². The Morgan fingerprint density at radius 1 is 1.30 bits per heavy atom. The smallest absolute Gasteiger partial charge is 0.189 e. The fourth-order valence-electron chi connectivity index (χ4n) is 2.67. The molecule has 27 heavy (non-hydrogen) atoms. The molecule has 0 N–H and O–H groups in total. The van der Waals surface area contributed by atoms with Crippen molar-refractivity contribution in [3.8, 4) is 5.75 Å². The highest BCUT2D eigenvalue weighted by atomic mass is 35.5. The maximum Gasteiger partial charge on any atom is 0.189 e.